The van der Waals surface area contributed by atoms with Crippen molar-refractivity contribution < 1.29 is 4.79 Å². The van der Waals surface area contributed by atoms with Gasteiger partial charge in [-0.3, -0.25) is 4.79 Å². The Bertz CT molecular complexity index is 339. The van der Waals surface area contributed by atoms with E-state index < -0.39 is 0 Å². The van der Waals surface area contributed by atoms with Crippen LogP contribution in [0.4, 0.5) is 5.69 Å². The lowest BCUT2D eigenvalue weighted by Gasteiger charge is -2.04. The van der Waals surface area contributed by atoms with E-state index >= 15 is 0 Å². The number of anilines is 1. The Labute approximate surface area is 100 Å². The van der Waals surface area contributed by atoms with E-state index in [4.69, 9.17) is 5.73 Å². The number of carbonyl (C=O) groups excluding carboxylic acids is 1. The molecule has 76 valence electrons. The highest BCUT2D eigenvalue weighted by Gasteiger charge is 2.04. The van der Waals surface area contributed by atoms with Gasteiger partial charge < -0.3 is 5.73 Å². The number of nitrogens with two attached hydrogens (primary N) is 1. The molecule has 0 aromatic heterocycles. The Kier molecular flexibility index (Phi) is 4.62. The van der Waals surface area contributed by atoms with Crippen molar-refractivity contribution in [3.8, 4) is 0 Å². The van der Waals surface area contributed by atoms with Gasteiger partial charge in [-0.2, -0.15) is 0 Å². The first kappa shape index (κ1) is 11.7. The number of nitrogen functional groups attached to an aromatic ring is 1. The van der Waals surface area contributed by atoms with E-state index in [0.717, 1.165) is 22.1 Å². The number of rotatable bonds is 4. The third-order valence-electron chi connectivity index (χ3n) is 1.90. The van der Waals surface area contributed by atoms with Gasteiger partial charge in [0.2, 0.25) is 0 Å². The summed E-state index contributed by atoms with van der Waals surface area (Å²) in [7, 11) is 0. The second kappa shape index (κ2) is 5.51. The van der Waals surface area contributed by atoms with Gasteiger partial charge in [0, 0.05) is 17.4 Å². The average Bonchev–Trinajstić information content (AvgIpc) is 2.18. The first-order valence-corrected chi connectivity index (χ1v) is 6.42. The molecule has 0 amide bonds. The molecule has 0 aliphatic rings. The molecule has 0 spiro atoms. The molecule has 0 saturated heterocycles. The van der Waals surface area contributed by atoms with Crippen LogP contribution in [-0.4, -0.2) is 11.1 Å². The normalized spacial score (nSPS) is 10.1. The van der Waals surface area contributed by atoms with Gasteiger partial charge in [0.25, 0.3) is 0 Å². The van der Waals surface area contributed by atoms with Crippen molar-refractivity contribution in [1.82, 2.24) is 0 Å². The van der Waals surface area contributed by atoms with E-state index in [1.165, 1.54) is 0 Å². The molecular formula is C10H11Br2NO. The molecule has 2 nitrogen and oxygen atoms in total. The molecule has 0 unspecified atom stereocenters. The summed E-state index contributed by atoms with van der Waals surface area (Å²) in [5.74, 6) is 0.163. The molecule has 0 fully saturated rings. The van der Waals surface area contributed by atoms with E-state index in [1.54, 1.807) is 0 Å². The lowest BCUT2D eigenvalue weighted by atomic mass is 10.1. The van der Waals surface area contributed by atoms with Gasteiger partial charge in [-0.05, 0) is 17.2 Å². The van der Waals surface area contributed by atoms with Crippen LogP contribution in [0.3, 0.4) is 0 Å². The zero-order chi connectivity index (χ0) is 10.6. The van der Waals surface area contributed by atoms with Gasteiger partial charge in [-0.25, -0.2) is 0 Å². The van der Waals surface area contributed by atoms with Crippen molar-refractivity contribution in [2.75, 3.05) is 11.1 Å². The van der Waals surface area contributed by atoms with Crippen molar-refractivity contribution in [1.29, 1.82) is 0 Å². The van der Waals surface area contributed by atoms with Crippen LogP contribution in [0.25, 0.3) is 0 Å². The number of ketones is 1. The largest absolute Gasteiger partial charge is 0.398 e. The van der Waals surface area contributed by atoms with Crippen LogP contribution < -0.4 is 5.73 Å². The molecule has 2 N–H and O–H groups in total. The summed E-state index contributed by atoms with van der Waals surface area (Å²) in [5, 5.41) is 1.14. The Morgan fingerprint density at radius 1 is 1.36 bits per heavy atom. The number of halogens is 2. The first-order valence-electron chi connectivity index (χ1n) is 4.18. The number of Topliss-reactive ketones (excluding diaryl/α,β-unsaturated/α-hetero) is 1. The molecule has 1 aromatic rings. The maximum atomic E-state index is 11.2. The quantitative estimate of drug-likeness (QED) is 0.684. The molecular weight excluding hydrogens is 310 g/mol. The monoisotopic (exact) mass is 319 g/mol. The standard InChI is InChI=1S/C10H11Br2NO/c11-5-8-2-1-7(4-10(8)13)3-9(14)6-12/h1-2,4H,3,5-6,13H2. The van der Waals surface area contributed by atoms with Crippen LogP contribution in [0.15, 0.2) is 18.2 Å². The minimum atomic E-state index is 0.163. The van der Waals surface area contributed by atoms with Gasteiger partial charge >= 0.3 is 0 Å². The Morgan fingerprint density at radius 2 is 2.07 bits per heavy atom. The number of carbonyl (C=O) groups is 1. The second-order valence-electron chi connectivity index (χ2n) is 3.02. The Morgan fingerprint density at radius 3 is 2.57 bits per heavy atom. The summed E-state index contributed by atoms with van der Waals surface area (Å²) >= 11 is 6.47. The van der Waals surface area contributed by atoms with E-state index in [2.05, 4.69) is 31.9 Å². The highest BCUT2D eigenvalue weighted by molar-refractivity contribution is 9.09. The molecule has 0 heterocycles. The molecule has 0 bridgehead atoms. The summed E-state index contributed by atoms with van der Waals surface area (Å²) in [6.45, 7) is 0. The topological polar surface area (TPSA) is 43.1 Å². The van der Waals surface area contributed by atoms with E-state index in [0.29, 0.717) is 11.8 Å². The third-order valence-corrected chi connectivity index (χ3v) is 3.13. The van der Waals surface area contributed by atoms with Gasteiger partial charge in [-0.1, -0.05) is 44.0 Å². The van der Waals surface area contributed by atoms with E-state index in [9.17, 15) is 4.79 Å². The Balaban J connectivity index is 2.81. The number of alkyl halides is 2. The molecule has 0 radical (unpaired) electrons. The summed E-state index contributed by atoms with van der Waals surface area (Å²) in [6, 6.07) is 5.74. The summed E-state index contributed by atoms with van der Waals surface area (Å²) in [5.41, 5.74) is 8.56. The predicted molar refractivity (Wildman–Crippen MR) is 66.0 cm³/mol. The molecule has 0 aliphatic heterocycles. The van der Waals surface area contributed by atoms with E-state index in [1.807, 2.05) is 18.2 Å². The molecule has 0 atom stereocenters. The molecule has 0 saturated carbocycles. The minimum absolute atomic E-state index is 0.163. The lowest BCUT2D eigenvalue weighted by molar-refractivity contribution is -0.115. The molecule has 0 aliphatic carbocycles. The van der Waals surface area contributed by atoms with Crippen LogP contribution in [-0.2, 0) is 16.5 Å². The fourth-order valence-electron chi connectivity index (χ4n) is 1.15. The zero-order valence-electron chi connectivity index (χ0n) is 7.59. The molecule has 4 heteroatoms. The van der Waals surface area contributed by atoms with Crippen molar-refractivity contribution in [3.05, 3.63) is 29.3 Å². The van der Waals surface area contributed by atoms with Crippen LogP contribution in [0, 0.1) is 0 Å². The average molecular weight is 321 g/mol. The van der Waals surface area contributed by atoms with Crippen LogP contribution >= 0.6 is 31.9 Å². The first-order chi connectivity index (χ1) is 6.67. The van der Waals surface area contributed by atoms with Crippen molar-refractivity contribution >= 4 is 43.3 Å². The van der Waals surface area contributed by atoms with Crippen molar-refractivity contribution in [2.24, 2.45) is 0 Å². The van der Waals surface area contributed by atoms with Crippen molar-refractivity contribution in [2.45, 2.75) is 11.8 Å². The summed E-state index contributed by atoms with van der Waals surface area (Å²) < 4.78 is 0. The van der Waals surface area contributed by atoms with Crippen LogP contribution in [0.2, 0.25) is 0 Å². The van der Waals surface area contributed by atoms with Gasteiger partial charge in [-0.15, -0.1) is 0 Å². The van der Waals surface area contributed by atoms with E-state index in [-0.39, 0.29) is 5.78 Å². The Hall–Kier alpha value is -0.350. The highest BCUT2D eigenvalue weighted by atomic mass is 79.9. The van der Waals surface area contributed by atoms with Crippen LogP contribution in [0.5, 0.6) is 0 Å². The highest BCUT2D eigenvalue weighted by Crippen LogP contribution is 2.17. The zero-order valence-corrected chi connectivity index (χ0v) is 10.8. The number of hydrogen-bond acceptors (Lipinski definition) is 2. The molecule has 1 rings (SSSR count). The third kappa shape index (κ3) is 3.10. The number of benzene rings is 1. The lowest BCUT2D eigenvalue weighted by Crippen LogP contribution is -2.04. The fourth-order valence-corrected chi connectivity index (χ4v) is 1.86. The fraction of sp³-hybridized carbons (Fsp3) is 0.300. The summed E-state index contributed by atoms with van der Waals surface area (Å²) in [4.78, 5) is 11.2. The predicted octanol–water partition coefficient (Wildman–Crippen LogP) is 2.67. The SMILES string of the molecule is Nc1cc(CC(=O)CBr)ccc1CBr. The van der Waals surface area contributed by atoms with Gasteiger partial charge in [0.05, 0.1) is 5.33 Å². The second-order valence-corrected chi connectivity index (χ2v) is 4.14. The van der Waals surface area contributed by atoms with Crippen LogP contribution in [0.1, 0.15) is 11.1 Å². The van der Waals surface area contributed by atoms with Crippen molar-refractivity contribution in [3.63, 3.8) is 0 Å². The van der Waals surface area contributed by atoms with Gasteiger partial charge in [0.15, 0.2) is 0 Å². The summed E-state index contributed by atoms with van der Waals surface area (Å²) in [6.07, 6.45) is 0.442. The minimum Gasteiger partial charge on any atom is -0.398 e. The van der Waals surface area contributed by atoms with Gasteiger partial charge in [0.1, 0.15) is 5.78 Å². The number of hydrogen-bond donors (Lipinski definition) is 1. The maximum absolute atomic E-state index is 11.2. The molecule has 14 heavy (non-hydrogen) atoms. The smallest absolute Gasteiger partial charge is 0.147 e. The molecule has 1 aromatic carbocycles. The maximum Gasteiger partial charge on any atom is 0.147 e.